The topological polar surface area (TPSA) is 116 Å². The molecule has 0 fully saturated rings. The maximum atomic E-state index is 13.4. The predicted molar refractivity (Wildman–Crippen MR) is 163 cm³/mol. The number of hydrogen-bond acceptors (Lipinski definition) is 7. The Kier molecular flexibility index (Phi) is 8.38. The molecule has 10 nitrogen and oxygen atoms in total. The molecule has 0 atom stereocenters. The number of carboxylic acids is 1. The predicted octanol–water partition coefficient (Wildman–Crippen LogP) is 5.12. The van der Waals surface area contributed by atoms with E-state index in [9.17, 15) is 14.4 Å². The van der Waals surface area contributed by atoms with Gasteiger partial charge in [0.25, 0.3) is 11.8 Å². The molecule has 1 N–H and O–H groups in total. The summed E-state index contributed by atoms with van der Waals surface area (Å²) in [7, 11) is 3.45. The maximum absolute atomic E-state index is 13.4. The summed E-state index contributed by atoms with van der Waals surface area (Å²) >= 11 is 0. The van der Waals surface area contributed by atoms with E-state index in [1.807, 2.05) is 36.9 Å². The average molecular weight is 580 g/mol. The van der Waals surface area contributed by atoms with E-state index in [0.717, 1.165) is 22.4 Å². The molecule has 2 amide bonds. The normalized spacial score (nSPS) is 12.3. The summed E-state index contributed by atoms with van der Waals surface area (Å²) in [6.07, 6.45) is 4.02. The maximum Gasteiger partial charge on any atom is 0.335 e. The summed E-state index contributed by atoms with van der Waals surface area (Å²) in [6.45, 7) is 5.22. The lowest BCUT2D eigenvalue weighted by Gasteiger charge is -2.22. The number of nitrogens with zero attached hydrogens (tertiary/aromatic N) is 5. The van der Waals surface area contributed by atoms with Crippen LogP contribution in [0.3, 0.4) is 0 Å². The fraction of sp³-hybridized carbons (Fsp3) is 0.242. The third-order valence-corrected chi connectivity index (χ3v) is 7.45. The molecular formula is C33H33N5O5. The van der Waals surface area contributed by atoms with Crippen LogP contribution >= 0.6 is 0 Å². The van der Waals surface area contributed by atoms with E-state index in [1.54, 1.807) is 66.6 Å². The number of fused-ring (bicyclic) bond motifs is 2. The summed E-state index contributed by atoms with van der Waals surface area (Å²) in [6, 6.07) is 17.4. The molecule has 4 aromatic rings. The van der Waals surface area contributed by atoms with Crippen molar-refractivity contribution in [2.45, 2.75) is 26.8 Å². The lowest BCUT2D eigenvalue weighted by molar-refractivity contribution is 0.0695. The van der Waals surface area contributed by atoms with Gasteiger partial charge in [0.15, 0.2) is 5.82 Å². The van der Waals surface area contributed by atoms with Crippen molar-refractivity contribution in [3.05, 3.63) is 106 Å². The van der Waals surface area contributed by atoms with Gasteiger partial charge in [0.2, 0.25) is 0 Å². The molecule has 0 aliphatic carbocycles. The summed E-state index contributed by atoms with van der Waals surface area (Å²) in [4.78, 5) is 51.8. The second-order valence-corrected chi connectivity index (χ2v) is 10.4. The molecule has 1 aliphatic rings. The number of anilines is 3. The van der Waals surface area contributed by atoms with Crippen LogP contribution in [0.2, 0.25) is 0 Å². The van der Waals surface area contributed by atoms with Crippen molar-refractivity contribution in [2.75, 3.05) is 37.0 Å². The van der Waals surface area contributed by atoms with Crippen molar-refractivity contribution >= 4 is 35.1 Å². The zero-order valence-electron chi connectivity index (χ0n) is 24.6. The van der Waals surface area contributed by atoms with Crippen LogP contribution in [0.4, 0.5) is 17.3 Å². The zero-order valence-corrected chi connectivity index (χ0v) is 24.6. The number of carbonyl (C=O) groups excluding carboxylic acids is 2. The number of benzene rings is 2. The Morgan fingerprint density at radius 3 is 2.42 bits per heavy atom. The van der Waals surface area contributed by atoms with Crippen LogP contribution < -0.4 is 14.5 Å². The van der Waals surface area contributed by atoms with Crippen molar-refractivity contribution < 1.29 is 24.2 Å². The Hall–Kier alpha value is -5.25. The molecule has 0 bridgehead atoms. The number of rotatable bonds is 9. The Bertz CT molecular complexity index is 1690. The molecule has 43 heavy (non-hydrogen) atoms. The lowest BCUT2D eigenvalue weighted by atomic mass is 10.1. The van der Waals surface area contributed by atoms with Crippen LogP contribution in [0.5, 0.6) is 5.75 Å². The van der Waals surface area contributed by atoms with E-state index >= 15 is 0 Å². The van der Waals surface area contributed by atoms with Gasteiger partial charge in [-0.3, -0.25) is 9.59 Å². The molecule has 0 radical (unpaired) electrons. The molecule has 0 spiro atoms. The van der Waals surface area contributed by atoms with E-state index in [2.05, 4.69) is 9.97 Å². The molecule has 0 unspecified atom stereocenters. The van der Waals surface area contributed by atoms with Crippen molar-refractivity contribution in [3.8, 4) is 5.75 Å². The van der Waals surface area contributed by atoms with Crippen LogP contribution in [-0.2, 0) is 13.0 Å². The van der Waals surface area contributed by atoms with Gasteiger partial charge in [0, 0.05) is 51.6 Å². The molecule has 10 heteroatoms. The number of hydrogen-bond donors (Lipinski definition) is 1. The van der Waals surface area contributed by atoms with E-state index in [-0.39, 0.29) is 17.4 Å². The van der Waals surface area contributed by atoms with Gasteiger partial charge in [-0.25, -0.2) is 14.8 Å². The van der Waals surface area contributed by atoms with Gasteiger partial charge in [-0.15, -0.1) is 0 Å². The largest absolute Gasteiger partial charge is 0.493 e. The third-order valence-electron chi connectivity index (χ3n) is 7.45. The fourth-order valence-electron chi connectivity index (χ4n) is 5.10. The van der Waals surface area contributed by atoms with Crippen LogP contribution in [0.15, 0.2) is 73.1 Å². The van der Waals surface area contributed by atoms with Gasteiger partial charge in [-0.05, 0) is 79.1 Å². The number of aromatic carboxylic acids is 1. The number of ether oxygens (including phenoxy) is 1. The highest BCUT2D eigenvalue weighted by molar-refractivity contribution is 6.12. The molecule has 220 valence electrons. The Morgan fingerprint density at radius 1 is 0.977 bits per heavy atom. The Balaban J connectivity index is 1.23. The van der Waals surface area contributed by atoms with E-state index < -0.39 is 5.97 Å². The molecule has 3 heterocycles. The van der Waals surface area contributed by atoms with Crippen LogP contribution in [0.1, 0.15) is 54.7 Å². The van der Waals surface area contributed by atoms with Crippen LogP contribution in [0.25, 0.3) is 0 Å². The third kappa shape index (κ3) is 6.04. The number of aromatic nitrogens is 2. The fourth-order valence-corrected chi connectivity index (χ4v) is 5.10. The monoisotopic (exact) mass is 579 g/mol. The number of pyridine rings is 2. The number of amides is 2. The first kappa shape index (κ1) is 29.2. The zero-order chi connectivity index (χ0) is 30.7. The first-order chi connectivity index (χ1) is 20.7. The number of aryl methyl sites for hydroxylation is 1. The van der Waals surface area contributed by atoms with Gasteiger partial charge in [-0.1, -0.05) is 12.1 Å². The summed E-state index contributed by atoms with van der Waals surface area (Å²) < 4.78 is 6.06. The molecule has 0 saturated heterocycles. The number of carboxylic acid groups (broad SMARTS) is 1. The van der Waals surface area contributed by atoms with Crippen molar-refractivity contribution in [1.29, 1.82) is 0 Å². The molecule has 5 rings (SSSR count). The van der Waals surface area contributed by atoms with Crippen LogP contribution in [-0.4, -0.2) is 65.0 Å². The highest BCUT2D eigenvalue weighted by Crippen LogP contribution is 2.37. The number of carbonyl (C=O) groups is 3. The molecule has 0 saturated carbocycles. The van der Waals surface area contributed by atoms with Gasteiger partial charge in [0.1, 0.15) is 11.6 Å². The Morgan fingerprint density at radius 2 is 1.72 bits per heavy atom. The van der Waals surface area contributed by atoms with Crippen LogP contribution in [0, 0.1) is 6.92 Å². The highest BCUT2D eigenvalue weighted by atomic mass is 16.5. The van der Waals surface area contributed by atoms with Gasteiger partial charge >= 0.3 is 5.97 Å². The SMILES string of the molecule is CCN1c2ncc(CCOc3ccc(C(=O)N(C)Cc4ccc(C(=O)O)cc4)cc3C)cc2C(=O)N(C)c2cccnc21. The Labute approximate surface area is 250 Å². The van der Waals surface area contributed by atoms with E-state index in [4.69, 9.17) is 9.84 Å². The minimum atomic E-state index is -0.987. The van der Waals surface area contributed by atoms with Gasteiger partial charge in [0.05, 0.1) is 23.4 Å². The second-order valence-electron chi connectivity index (χ2n) is 10.4. The first-order valence-corrected chi connectivity index (χ1v) is 14.0. The highest BCUT2D eigenvalue weighted by Gasteiger charge is 2.30. The average Bonchev–Trinajstić information content (AvgIpc) is 3.10. The quantitative estimate of drug-likeness (QED) is 0.290. The lowest BCUT2D eigenvalue weighted by Crippen LogP contribution is -2.26. The van der Waals surface area contributed by atoms with Crippen molar-refractivity contribution in [3.63, 3.8) is 0 Å². The van der Waals surface area contributed by atoms with Crippen molar-refractivity contribution in [1.82, 2.24) is 14.9 Å². The van der Waals surface area contributed by atoms with Gasteiger partial charge < -0.3 is 24.5 Å². The standard InChI is InChI=1S/C33H33N5O5/c1-5-38-29-26(32(40)37(4)27-7-6-15-34-30(27)38)18-23(19-35-29)14-16-43-28-13-12-25(17-21(28)2)31(39)36(3)20-22-8-10-24(11-9-22)33(41)42/h6-13,15,17-19H,5,14,16,20H2,1-4H3,(H,41,42). The molecule has 2 aromatic carbocycles. The first-order valence-electron chi connectivity index (χ1n) is 14.0. The smallest absolute Gasteiger partial charge is 0.335 e. The summed E-state index contributed by atoms with van der Waals surface area (Å²) in [5, 5.41) is 9.08. The molecular weight excluding hydrogens is 546 g/mol. The van der Waals surface area contributed by atoms with Crippen molar-refractivity contribution in [2.24, 2.45) is 0 Å². The second kappa shape index (κ2) is 12.3. The minimum absolute atomic E-state index is 0.145. The summed E-state index contributed by atoms with van der Waals surface area (Å²) in [5.74, 6) is 0.662. The minimum Gasteiger partial charge on any atom is -0.493 e. The van der Waals surface area contributed by atoms with Gasteiger partial charge in [-0.2, -0.15) is 0 Å². The summed E-state index contributed by atoms with van der Waals surface area (Å²) in [5.41, 5.74) is 4.51. The van der Waals surface area contributed by atoms with E-state index in [0.29, 0.717) is 54.6 Å². The van der Waals surface area contributed by atoms with E-state index in [1.165, 1.54) is 12.1 Å². The molecule has 2 aromatic heterocycles. The molecule has 1 aliphatic heterocycles.